The number of amidine groups is 2. The number of hydrazone groups is 1. The van der Waals surface area contributed by atoms with Gasteiger partial charge in [0.1, 0.15) is 11.5 Å². The number of azo groups is 1. The molecule has 0 aliphatic carbocycles. The van der Waals surface area contributed by atoms with Crippen molar-refractivity contribution < 1.29 is 19.1 Å². The van der Waals surface area contributed by atoms with Gasteiger partial charge in [0, 0.05) is 33.8 Å². The van der Waals surface area contributed by atoms with Gasteiger partial charge in [-0.05, 0) is 80.1 Å². The Morgan fingerprint density at radius 3 is 2.38 bits per heavy atom. The predicted molar refractivity (Wildman–Crippen MR) is 183 cm³/mol. The van der Waals surface area contributed by atoms with Crippen LogP contribution in [0.2, 0.25) is 0 Å². The summed E-state index contributed by atoms with van der Waals surface area (Å²) >= 11 is 0. The van der Waals surface area contributed by atoms with Gasteiger partial charge < -0.3 is 14.5 Å². The molecule has 0 saturated heterocycles. The molecule has 2 N–H and O–H groups in total. The molecule has 0 saturated carbocycles. The average Bonchev–Trinajstić information content (AvgIpc) is 3.63. The van der Waals surface area contributed by atoms with Crippen molar-refractivity contribution in [1.29, 1.82) is 0 Å². The van der Waals surface area contributed by atoms with Crippen LogP contribution >= 0.6 is 0 Å². The molecule has 1 aliphatic rings. The topological polar surface area (TPSA) is 133 Å². The predicted octanol–water partition coefficient (Wildman–Crippen LogP) is 7.18. The Morgan fingerprint density at radius 1 is 0.894 bits per heavy atom. The van der Waals surface area contributed by atoms with E-state index in [0.29, 0.717) is 45.5 Å². The van der Waals surface area contributed by atoms with Crippen LogP contribution in [-0.4, -0.2) is 42.7 Å². The minimum absolute atomic E-state index is 0.156. The lowest BCUT2D eigenvalue weighted by atomic mass is 10.1. The van der Waals surface area contributed by atoms with E-state index in [1.54, 1.807) is 62.6 Å². The zero-order valence-electron chi connectivity index (χ0n) is 26.2. The third-order valence-corrected chi connectivity index (χ3v) is 7.60. The van der Waals surface area contributed by atoms with E-state index in [-0.39, 0.29) is 11.7 Å². The summed E-state index contributed by atoms with van der Waals surface area (Å²) in [6, 6.07) is 27.2. The number of methoxy groups -OCH3 is 2. The number of ether oxygens (including phenoxy) is 2. The molecule has 0 radical (unpaired) electrons. The number of hydrogen-bond acceptors (Lipinski definition) is 7. The Kier molecular flexibility index (Phi) is 8.69. The summed E-state index contributed by atoms with van der Waals surface area (Å²) in [4.78, 5) is 35.8. The first-order valence-electron chi connectivity index (χ1n) is 14.7. The first kappa shape index (κ1) is 30.7. The molecular formula is C36H31N7O4. The van der Waals surface area contributed by atoms with Crippen molar-refractivity contribution in [3.05, 3.63) is 125 Å². The molecule has 0 fully saturated rings. The Balaban J connectivity index is 1.22. The number of carbonyl (C=O) groups is 2. The van der Waals surface area contributed by atoms with Crippen molar-refractivity contribution in [3.8, 4) is 11.5 Å². The van der Waals surface area contributed by atoms with Gasteiger partial charge in [-0.3, -0.25) is 14.5 Å². The number of aryl methyl sites for hydroxylation is 1. The molecule has 11 nitrogen and oxygen atoms in total. The summed E-state index contributed by atoms with van der Waals surface area (Å²) in [5, 5.41) is 14.0. The molecule has 6 rings (SSSR count). The number of para-hydroxylation sites is 1. The number of anilines is 1. The number of nitrogens with one attached hydrogen (secondary N) is 2. The van der Waals surface area contributed by atoms with Crippen LogP contribution in [0.15, 0.2) is 123 Å². The van der Waals surface area contributed by atoms with Crippen molar-refractivity contribution in [2.45, 2.75) is 13.8 Å². The number of H-pyrrole nitrogens is 1. The third-order valence-electron chi connectivity index (χ3n) is 7.60. The fourth-order valence-electron chi connectivity index (χ4n) is 5.12. The summed E-state index contributed by atoms with van der Waals surface area (Å²) < 4.78 is 10.8. The summed E-state index contributed by atoms with van der Waals surface area (Å²) in [6.45, 7) is 3.70. The highest BCUT2D eigenvalue weighted by molar-refractivity contribution is 6.28. The highest BCUT2D eigenvalue weighted by Gasteiger charge is 2.29. The fraction of sp³-hybridized carbons (Fsp3) is 0.111. The maximum Gasteiger partial charge on any atom is 0.282 e. The lowest BCUT2D eigenvalue weighted by Gasteiger charge is -2.16. The van der Waals surface area contributed by atoms with Gasteiger partial charge >= 0.3 is 0 Å². The van der Waals surface area contributed by atoms with Crippen LogP contribution in [-0.2, 0) is 4.79 Å². The standard InChI is InChI=1S/C36H31N7O4/c1-22-9-5-7-11-29(22)39-40-34(25-15-18-32(46-3)33(20-25)47-4)41-42-35(44)24-13-16-27(17-14-24)43-23(2)38-31(36(43)45)19-26-21-37-30-12-8-6-10-28(26)30/h5-21,37H,1-4H3,(H,42,44)/b31-19+,40-39?,41-34-. The number of amides is 2. The molecule has 234 valence electrons. The molecule has 1 aromatic heterocycles. The van der Waals surface area contributed by atoms with Gasteiger partial charge in [0.2, 0.25) is 5.84 Å². The second-order valence-electron chi connectivity index (χ2n) is 10.6. The maximum absolute atomic E-state index is 13.4. The molecule has 11 heteroatoms. The van der Waals surface area contributed by atoms with Crippen molar-refractivity contribution >= 4 is 51.8 Å². The highest BCUT2D eigenvalue weighted by Crippen LogP contribution is 2.29. The molecule has 5 aromatic rings. The van der Waals surface area contributed by atoms with Crippen molar-refractivity contribution in [2.75, 3.05) is 19.1 Å². The minimum Gasteiger partial charge on any atom is -0.493 e. The molecule has 47 heavy (non-hydrogen) atoms. The number of carbonyl (C=O) groups excluding carboxylic acids is 2. The molecule has 1 aliphatic heterocycles. The number of nitrogens with zero attached hydrogens (tertiary/aromatic N) is 5. The van der Waals surface area contributed by atoms with Crippen LogP contribution in [0.25, 0.3) is 17.0 Å². The Bertz CT molecular complexity index is 2110. The Labute approximate surface area is 271 Å². The average molecular weight is 626 g/mol. The summed E-state index contributed by atoms with van der Waals surface area (Å²) in [7, 11) is 3.08. The largest absolute Gasteiger partial charge is 0.493 e. The summed E-state index contributed by atoms with van der Waals surface area (Å²) in [5.41, 5.74) is 7.81. The van der Waals surface area contributed by atoms with Crippen molar-refractivity contribution in [3.63, 3.8) is 0 Å². The number of fused-ring (bicyclic) bond motifs is 1. The first-order valence-corrected chi connectivity index (χ1v) is 14.7. The summed E-state index contributed by atoms with van der Waals surface area (Å²) in [5.74, 6) is 0.963. The molecule has 0 bridgehead atoms. The number of rotatable bonds is 8. The first-order chi connectivity index (χ1) is 22.9. The fourth-order valence-corrected chi connectivity index (χ4v) is 5.12. The molecule has 0 atom stereocenters. The lowest BCUT2D eigenvalue weighted by Crippen LogP contribution is -2.30. The minimum atomic E-state index is -0.473. The van der Waals surface area contributed by atoms with Crippen LogP contribution in [0, 0.1) is 6.92 Å². The van der Waals surface area contributed by atoms with Gasteiger partial charge in [0.05, 0.1) is 25.6 Å². The second-order valence-corrected chi connectivity index (χ2v) is 10.6. The van der Waals surface area contributed by atoms with Crippen molar-refractivity contribution in [1.82, 2.24) is 10.4 Å². The van der Waals surface area contributed by atoms with Crippen LogP contribution in [0.4, 0.5) is 11.4 Å². The van der Waals surface area contributed by atoms with E-state index >= 15 is 0 Å². The van der Waals surface area contributed by atoms with E-state index < -0.39 is 5.91 Å². The van der Waals surface area contributed by atoms with Crippen LogP contribution in [0.3, 0.4) is 0 Å². The van der Waals surface area contributed by atoms with E-state index in [1.165, 1.54) is 12.0 Å². The smallest absolute Gasteiger partial charge is 0.282 e. The van der Waals surface area contributed by atoms with Crippen LogP contribution in [0.5, 0.6) is 11.5 Å². The SMILES string of the molecule is COc1ccc(/C(N=Nc2ccccc2C)=N/NC(=O)c2ccc(N3C(=O)/C(=C\c4c[nH]c5ccccc45)N=C3C)cc2)cc1OC. The van der Waals surface area contributed by atoms with Gasteiger partial charge in [-0.1, -0.05) is 36.4 Å². The van der Waals surface area contributed by atoms with Gasteiger partial charge in [-0.25, -0.2) is 10.4 Å². The zero-order valence-corrected chi connectivity index (χ0v) is 26.2. The highest BCUT2D eigenvalue weighted by atomic mass is 16.5. The number of aliphatic imine (C=N–C) groups is 1. The molecule has 4 aromatic carbocycles. The quantitative estimate of drug-likeness (QED) is 0.0622. The molecular weight excluding hydrogens is 594 g/mol. The van der Waals surface area contributed by atoms with Crippen LogP contribution < -0.4 is 19.8 Å². The maximum atomic E-state index is 13.4. The Morgan fingerprint density at radius 2 is 1.62 bits per heavy atom. The lowest BCUT2D eigenvalue weighted by molar-refractivity contribution is -0.113. The molecule has 2 amide bonds. The molecule has 0 unspecified atom stereocenters. The molecule has 0 spiro atoms. The van der Waals surface area contributed by atoms with E-state index in [1.807, 2.05) is 61.7 Å². The van der Waals surface area contributed by atoms with Crippen LogP contribution in [0.1, 0.15) is 34.0 Å². The number of aromatic amines is 1. The van der Waals surface area contributed by atoms with Gasteiger partial charge in [-0.15, -0.1) is 15.3 Å². The second kappa shape index (κ2) is 13.3. The van der Waals surface area contributed by atoms with Gasteiger partial charge in [0.15, 0.2) is 11.5 Å². The van der Waals surface area contributed by atoms with Crippen molar-refractivity contribution in [2.24, 2.45) is 20.3 Å². The summed E-state index contributed by atoms with van der Waals surface area (Å²) in [6.07, 6.45) is 3.63. The van der Waals surface area contributed by atoms with Gasteiger partial charge in [0.25, 0.3) is 11.8 Å². The van der Waals surface area contributed by atoms with E-state index in [0.717, 1.165) is 22.0 Å². The third kappa shape index (κ3) is 6.40. The normalized spacial score (nSPS) is 14.3. The molecule has 2 heterocycles. The Hall–Kier alpha value is -6.36. The number of hydrogen-bond donors (Lipinski definition) is 2. The number of aromatic nitrogens is 1. The van der Waals surface area contributed by atoms with E-state index in [9.17, 15) is 9.59 Å². The van der Waals surface area contributed by atoms with E-state index in [4.69, 9.17) is 9.47 Å². The van der Waals surface area contributed by atoms with Gasteiger partial charge in [-0.2, -0.15) is 0 Å². The van der Waals surface area contributed by atoms with E-state index in [2.05, 4.69) is 30.7 Å². The number of benzene rings is 4. The monoisotopic (exact) mass is 625 g/mol. The zero-order chi connectivity index (χ0) is 32.9.